The summed E-state index contributed by atoms with van der Waals surface area (Å²) in [7, 11) is 0. The highest BCUT2D eigenvalue weighted by atomic mass is 32.2. The minimum atomic E-state index is 0.155. The van der Waals surface area contributed by atoms with Crippen LogP contribution < -0.4 is 4.74 Å². The molecule has 1 aliphatic heterocycles. The molecule has 158 valence electrons. The molecule has 1 fully saturated rings. The summed E-state index contributed by atoms with van der Waals surface area (Å²) in [5, 5.41) is 9.36. The van der Waals surface area contributed by atoms with Crippen molar-refractivity contribution in [3.63, 3.8) is 0 Å². The number of thioether (sulfide) groups is 1. The quantitative estimate of drug-likeness (QED) is 0.521. The summed E-state index contributed by atoms with van der Waals surface area (Å²) in [6.07, 6.45) is 6.19. The largest absolute Gasteiger partial charge is 0.494 e. The van der Waals surface area contributed by atoms with Gasteiger partial charge in [-0.2, -0.15) is 0 Å². The lowest BCUT2D eigenvalue weighted by Gasteiger charge is -2.20. The van der Waals surface area contributed by atoms with Crippen molar-refractivity contribution in [2.75, 3.05) is 25.4 Å². The zero-order valence-electron chi connectivity index (χ0n) is 17.1. The van der Waals surface area contributed by atoms with Crippen molar-refractivity contribution < 1.29 is 13.9 Å². The topological polar surface area (TPSA) is 73.4 Å². The summed E-state index contributed by atoms with van der Waals surface area (Å²) < 4.78 is 13.0. The summed E-state index contributed by atoms with van der Waals surface area (Å²) in [5.74, 6) is 2.53. The number of nitrogens with zero attached hydrogens (tertiary/aromatic N) is 4. The van der Waals surface area contributed by atoms with Crippen molar-refractivity contribution in [2.24, 2.45) is 0 Å². The van der Waals surface area contributed by atoms with Crippen molar-refractivity contribution in [1.29, 1.82) is 0 Å². The summed E-state index contributed by atoms with van der Waals surface area (Å²) in [4.78, 5) is 14.7. The Morgan fingerprint density at radius 1 is 1.10 bits per heavy atom. The lowest BCUT2D eigenvalue weighted by atomic mass is 10.2. The van der Waals surface area contributed by atoms with E-state index in [0.717, 1.165) is 37.4 Å². The first kappa shape index (κ1) is 20.5. The average molecular weight is 427 g/mol. The number of hydrogen-bond donors (Lipinski definition) is 0. The van der Waals surface area contributed by atoms with Gasteiger partial charge in [-0.15, -0.1) is 10.2 Å². The Bertz CT molecular complexity index is 945. The predicted molar refractivity (Wildman–Crippen MR) is 116 cm³/mol. The minimum absolute atomic E-state index is 0.155. The smallest absolute Gasteiger partial charge is 0.233 e. The van der Waals surface area contributed by atoms with Crippen LogP contribution in [0.15, 0.2) is 52.2 Å². The molecule has 0 aliphatic carbocycles. The number of benzene rings is 1. The van der Waals surface area contributed by atoms with E-state index in [1.54, 1.807) is 6.26 Å². The number of rotatable bonds is 7. The molecular weight excluding hydrogens is 400 g/mol. The molecule has 1 aliphatic rings. The minimum Gasteiger partial charge on any atom is -0.494 e. The molecule has 1 aromatic carbocycles. The molecule has 0 unspecified atom stereocenters. The molecule has 3 heterocycles. The van der Waals surface area contributed by atoms with Gasteiger partial charge in [0.25, 0.3) is 0 Å². The number of likely N-dealkylation sites (tertiary alicyclic amines) is 1. The number of aromatic nitrogens is 3. The van der Waals surface area contributed by atoms with Crippen molar-refractivity contribution in [3.05, 3.63) is 42.7 Å². The molecule has 0 bridgehead atoms. The summed E-state index contributed by atoms with van der Waals surface area (Å²) >= 11 is 1.41. The van der Waals surface area contributed by atoms with E-state index in [9.17, 15) is 4.79 Å². The van der Waals surface area contributed by atoms with Crippen molar-refractivity contribution >= 4 is 17.7 Å². The van der Waals surface area contributed by atoms with Crippen LogP contribution in [0, 0.1) is 0 Å². The lowest BCUT2D eigenvalue weighted by molar-refractivity contribution is -0.128. The highest BCUT2D eigenvalue weighted by Crippen LogP contribution is 2.29. The van der Waals surface area contributed by atoms with E-state index in [1.165, 1.54) is 24.6 Å². The third-order valence-electron chi connectivity index (χ3n) is 5.06. The first-order valence-corrected chi connectivity index (χ1v) is 11.4. The Morgan fingerprint density at radius 3 is 2.53 bits per heavy atom. The molecule has 4 rings (SSSR count). The number of carbonyl (C=O) groups excluding carboxylic acids is 1. The van der Waals surface area contributed by atoms with Gasteiger partial charge < -0.3 is 14.1 Å². The Balaban J connectivity index is 1.57. The van der Waals surface area contributed by atoms with Crippen LogP contribution in [0.1, 0.15) is 32.6 Å². The van der Waals surface area contributed by atoms with Crippen LogP contribution in [0.25, 0.3) is 17.3 Å². The van der Waals surface area contributed by atoms with Crippen LogP contribution in [0.5, 0.6) is 5.75 Å². The van der Waals surface area contributed by atoms with Crippen LogP contribution in [-0.2, 0) is 4.79 Å². The van der Waals surface area contributed by atoms with E-state index in [-0.39, 0.29) is 5.91 Å². The van der Waals surface area contributed by atoms with E-state index in [4.69, 9.17) is 9.15 Å². The molecule has 0 saturated carbocycles. The molecule has 30 heavy (non-hydrogen) atoms. The third kappa shape index (κ3) is 4.70. The molecular formula is C22H26N4O3S. The van der Waals surface area contributed by atoms with Gasteiger partial charge in [-0.25, -0.2) is 0 Å². The van der Waals surface area contributed by atoms with Gasteiger partial charge in [0, 0.05) is 13.1 Å². The van der Waals surface area contributed by atoms with Gasteiger partial charge in [-0.1, -0.05) is 24.6 Å². The normalized spacial score (nSPS) is 14.5. The SMILES string of the molecule is CCOc1ccc(-n2c(SCC(=O)N3CCCCCC3)nnc2-c2ccco2)cc1. The van der Waals surface area contributed by atoms with Crippen LogP contribution in [0.3, 0.4) is 0 Å². The molecule has 1 saturated heterocycles. The van der Waals surface area contributed by atoms with E-state index < -0.39 is 0 Å². The van der Waals surface area contributed by atoms with Crippen LogP contribution >= 0.6 is 11.8 Å². The highest BCUT2D eigenvalue weighted by Gasteiger charge is 2.21. The third-order valence-corrected chi connectivity index (χ3v) is 5.98. The second-order valence-electron chi connectivity index (χ2n) is 7.13. The van der Waals surface area contributed by atoms with Gasteiger partial charge in [0.15, 0.2) is 10.9 Å². The fraction of sp³-hybridized carbons (Fsp3) is 0.409. The number of hydrogen-bond acceptors (Lipinski definition) is 6. The first-order valence-electron chi connectivity index (χ1n) is 10.4. The molecule has 3 aromatic rings. The van der Waals surface area contributed by atoms with E-state index >= 15 is 0 Å². The maximum Gasteiger partial charge on any atom is 0.233 e. The predicted octanol–water partition coefficient (Wildman–Crippen LogP) is 4.42. The highest BCUT2D eigenvalue weighted by molar-refractivity contribution is 7.99. The Labute approximate surface area is 180 Å². The number of carbonyl (C=O) groups is 1. The van der Waals surface area contributed by atoms with Crippen molar-refractivity contribution in [2.45, 2.75) is 37.8 Å². The maximum absolute atomic E-state index is 12.7. The number of ether oxygens (including phenoxy) is 1. The molecule has 0 N–H and O–H groups in total. The summed E-state index contributed by atoms with van der Waals surface area (Å²) in [6.45, 7) is 4.27. The number of furan rings is 1. The summed E-state index contributed by atoms with van der Waals surface area (Å²) in [6, 6.07) is 11.4. The van der Waals surface area contributed by atoms with Gasteiger partial charge >= 0.3 is 0 Å². The molecule has 2 aromatic heterocycles. The monoisotopic (exact) mass is 426 g/mol. The number of amides is 1. The van der Waals surface area contributed by atoms with E-state index in [2.05, 4.69) is 10.2 Å². The van der Waals surface area contributed by atoms with Crippen LogP contribution in [-0.4, -0.2) is 51.0 Å². The van der Waals surface area contributed by atoms with Crippen LogP contribution in [0.4, 0.5) is 0 Å². The van der Waals surface area contributed by atoms with Gasteiger partial charge in [0.2, 0.25) is 11.7 Å². The molecule has 8 heteroatoms. The van der Waals surface area contributed by atoms with Gasteiger partial charge in [-0.3, -0.25) is 9.36 Å². The molecule has 1 amide bonds. The van der Waals surface area contributed by atoms with Gasteiger partial charge in [0.1, 0.15) is 5.75 Å². The second kappa shape index (κ2) is 9.84. The molecule has 7 nitrogen and oxygen atoms in total. The van der Waals surface area contributed by atoms with Gasteiger partial charge in [-0.05, 0) is 56.2 Å². The van der Waals surface area contributed by atoms with Gasteiger partial charge in [0.05, 0.1) is 24.3 Å². The first-order chi connectivity index (χ1) is 14.8. The van der Waals surface area contributed by atoms with E-state index in [1.807, 2.05) is 52.8 Å². The second-order valence-corrected chi connectivity index (χ2v) is 8.07. The average Bonchev–Trinajstić information content (AvgIpc) is 3.36. The zero-order valence-corrected chi connectivity index (χ0v) is 17.9. The van der Waals surface area contributed by atoms with E-state index in [0.29, 0.717) is 29.1 Å². The Hall–Kier alpha value is -2.74. The fourth-order valence-electron chi connectivity index (χ4n) is 3.56. The Kier molecular flexibility index (Phi) is 6.74. The molecule has 0 radical (unpaired) electrons. The van der Waals surface area contributed by atoms with Crippen LogP contribution in [0.2, 0.25) is 0 Å². The standard InChI is InChI=1S/C22H26N4O3S/c1-2-28-18-11-9-17(10-12-18)26-21(19-8-7-15-29-19)23-24-22(26)30-16-20(27)25-13-5-3-4-6-14-25/h7-12,15H,2-6,13-14,16H2,1H3. The van der Waals surface area contributed by atoms with Crippen molar-refractivity contribution in [3.8, 4) is 23.0 Å². The summed E-state index contributed by atoms with van der Waals surface area (Å²) in [5.41, 5.74) is 0.888. The Morgan fingerprint density at radius 2 is 1.87 bits per heavy atom. The lowest BCUT2D eigenvalue weighted by Crippen LogP contribution is -2.33. The molecule has 0 spiro atoms. The maximum atomic E-state index is 12.7. The molecule has 0 atom stereocenters. The zero-order chi connectivity index (χ0) is 20.8. The fourth-order valence-corrected chi connectivity index (χ4v) is 4.41. The van der Waals surface area contributed by atoms with Crippen molar-refractivity contribution in [1.82, 2.24) is 19.7 Å².